The molecule has 1 N–H and O–H groups in total. The molecule has 1 heterocycles. The van der Waals surface area contributed by atoms with E-state index < -0.39 is 5.97 Å². The molecule has 1 rings (SSSR count). The fraction of sp³-hybridized carbons (Fsp3) is 0.500. The van der Waals surface area contributed by atoms with Crippen molar-refractivity contribution < 1.29 is 19.4 Å². The van der Waals surface area contributed by atoms with Crippen molar-refractivity contribution in [3.63, 3.8) is 0 Å². The van der Waals surface area contributed by atoms with E-state index in [-0.39, 0.29) is 10.8 Å². The number of thiophene rings is 1. The monoisotopic (exact) mass is 271 g/mol. The Morgan fingerprint density at radius 2 is 2.11 bits per heavy atom. The van der Waals surface area contributed by atoms with Gasteiger partial charge in [0.1, 0.15) is 5.75 Å². The first-order valence-corrected chi connectivity index (χ1v) is 6.40. The molecule has 1 amide bonds. The van der Waals surface area contributed by atoms with Gasteiger partial charge in [0.15, 0.2) is 4.88 Å². The zero-order valence-corrected chi connectivity index (χ0v) is 11.5. The van der Waals surface area contributed by atoms with Gasteiger partial charge in [0.25, 0.3) is 0 Å². The quantitative estimate of drug-likeness (QED) is 0.804. The summed E-state index contributed by atoms with van der Waals surface area (Å²) in [6, 6.07) is 1.71. The van der Waals surface area contributed by atoms with Crippen LogP contribution < -0.4 is 4.74 Å². The maximum absolute atomic E-state index is 11.3. The molecule has 1 aromatic rings. The molecular weight excluding hydrogens is 254 g/mol. The number of nitrogens with zero attached hydrogens (tertiary/aromatic N) is 1. The number of carbonyl (C=O) groups excluding carboxylic acids is 1. The highest BCUT2D eigenvalue weighted by Gasteiger charge is 2.15. The van der Waals surface area contributed by atoms with Gasteiger partial charge in [-0.1, -0.05) is 0 Å². The van der Waals surface area contributed by atoms with Crippen LogP contribution in [0.1, 0.15) is 27.4 Å². The van der Waals surface area contributed by atoms with Gasteiger partial charge in [0, 0.05) is 25.4 Å². The highest BCUT2D eigenvalue weighted by molar-refractivity contribution is 7.14. The first kappa shape index (κ1) is 14.5. The van der Waals surface area contributed by atoms with Crippen LogP contribution in [0, 0.1) is 6.92 Å². The third-order valence-corrected chi connectivity index (χ3v) is 3.33. The second-order valence-electron chi connectivity index (χ2n) is 4.10. The number of carboxylic acids is 1. The van der Waals surface area contributed by atoms with Gasteiger partial charge in [-0.2, -0.15) is 0 Å². The van der Waals surface area contributed by atoms with E-state index in [1.807, 2.05) is 6.92 Å². The fourth-order valence-corrected chi connectivity index (χ4v) is 2.17. The second-order valence-corrected chi connectivity index (χ2v) is 5.35. The third-order valence-electron chi connectivity index (χ3n) is 2.31. The van der Waals surface area contributed by atoms with Crippen molar-refractivity contribution in [1.82, 2.24) is 4.90 Å². The van der Waals surface area contributed by atoms with E-state index in [1.54, 1.807) is 20.2 Å². The van der Waals surface area contributed by atoms with Gasteiger partial charge in [-0.3, -0.25) is 4.79 Å². The summed E-state index contributed by atoms with van der Waals surface area (Å²) in [5.41, 5.74) is 0. The molecule has 6 heteroatoms. The standard InChI is InChI=1S/C12H17NO4S/c1-8-7-9(11(18-8)12(15)16)17-6-4-5-10(14)13(2)3/h7H,4-6H2,1-3H3,(H,15,16). The van der Waals surface area contributed by atoms with Gasteiger partial charge in [-0.25, -0.2) is 4.79 Å². The molecule has 0 saturated heterocycles. The maximum Gasteiger partial charge on any atom is 0.349 e. The molecule has 5 nitrogen and oxygen atoms in total. The smallest absolute Gasteiger partial charge is 0.349 e. The van der Waals surface area contributed by atoms with Gasteiger partial charge in [-0.05, 0) is 19.4 Å². The van der Waals surface area contributed by atoms with Crippen LogP contribution in [0.2, 0.25) is 0 Å². The topological polar surface area (TPSA) is 66.8 Å². The van der Waals surface area contributed by atoms with Crippen molar-refractivity contribution in [2.45, 2.75) is 19.8 Å². The van der Waals surface area contributed by atoms with Crippen LogP contribution in [-0.2, 0) is 4.79 Å². The van der Waals surface area contributed by atoms with E-state index in [4.69, 9.17) is 9.84 Å². The molecule has 18 heavy (non-hydrogen) atoms. The molecule has 0 spiro atoms. The SMILES string of the molecule is Cc1cc(OCCCC(=O)N(C)C)c(C(=O)O)s1. The lowest BCUT2D eigenvalue weighted by atomic mass is 10.3. The van der Waals surface area contributed by atoms with Gasteiger partial charge in [0.2, 0.25) is 5.91 Å². The Bertz CT molecular complexity index is 439. The highest BCUT2D eigenvalue weighted by atomic mass is 32.1. The Morgan fingerprint density at radius 1 is 1.44 bits per heavy atom. The highest BCUT2D eigenvalue weighted by Crippen LogP contribution is 2.28. The number of ether oxygens (including phenoxy) is 1. The minimum absolute atomic E-state index is 0.0403. The van der Waals surface area contributed by atoms with E-state index in [0.29, 0.717) is 25.2 Å². The summed E-state index contributed by atoms with van der Waals surface area (Å²) in [6.45, 7) is 2.18. The van der Waals surface area contributed by atoms with Crippen LogP contribution in [-0.4, -0.2) is 42.6 Å². The minimum atomic E-state index is -0.979. The molecule has 1 aromatic heterocycles. The van der Waals surface area contributed by atoms with Gasteiger partial charge in [0.05, 0.1) is 6.61 Å². The Labute approximate surface area is 110 Å². The molecule has 0 aliphatic heterocycles. The zero-order chi connectivity index (χ0) is 13.7. The van der Waals surface area contributed by atoms with Crippen LogP contribution in [0.3, 0.4) is 0 Å². The third kappa shape index (κ3) is 4.03. The number of aromatic carboxylic acids is 1. The number of carbonyl (C=O) groups is 2. The molecule has 0 aromatic carbocycles. The fourth-order valence-electron chi connectivity index (χ4n) is 1.38. The van der Waals surface area contributed by atoms with Gasteiger partial charge >= 0.3 is 5.97 Å². The summed E-state index contributed by atoms with van der Waals surface area (Å²) in [5.74, 6) is -0.548. The van der Waals surface area contributed by atoms with Crippen LogP contribution in [0.15, 0.2) is 6.07 Å². The number of hydrogen-bond acceptors (Lipinski definition) is 4. The van der Waals surface area contributed by atoms with Crippen molar-refractivity contribution >= 4 is 23.2 Å². The largest absolute Gasteiger partial charge is 0.492 e. The Morgan fingerprint density at radius 3 is 2.67 bits per heavy atom. The van der Waals surface area contributed by atoms with Crippen molar-refractivity contribution in [2.75, 3.05) is 20.7 Å². The lowest BCUT2D eigenvalue weighted by Crippen LogP contribution is -2.21. The molecule has 100 valence electrons. The second kappa shape index (κ2) is 6.39. The van der Waals surface area contributed by atoms with E-state index in [9.17, 15) is 9.59 Å². The van der Waals surface area contributed by atoms with Gasteiger partial charge in [-0.15, -0.1) is 11.3 Å². The number of carboxylic acid groups (broad SMARTS) is 1. The predicted molar refractivity (Wildman–Crippen MR) is 69.4 cm³/mol. The Kier molecular flexibility index (Phi) is 5.15. The molecule has 0 fully saturated rings. The molecule has 0 bridgehead atoms. The normalized spacial score (nSPS) is 10.2. The number of hydrogen-bond donors (Lipinski definition) is 1. The lowest BCUT2D eigenvalue weighted by Gasteiger charge is -2.10. The lowest BCUT2D eigenvalue weighted by molar-refractivity contribution is -0.128. The van der Waals surface area contributed by atoms with Gasteiger partial charge < -0.3 is 14.7 Å². The van der Waals surface area contributed by atoms with E-state index in [0.717, 1.165) is 4.88 Å². The number of rotatable bonds is 6. The summed E-state index contributed by atoms with van der Waals surface area (Å²) in [7, 11) is 3.40. The molecule has 0 aliphatic rings. The molecule has 0 saturated carbocycles. The summed E-state index contributed by atoms with van der Waals surface area (Å²) >= 11 is 1.19. The zero-order valence-electron chi connectivity index (χ0n) is 10.7. The summed E-state index contributed by atoms with van der Waals surface area (Å²) < 4.78 is 5.41. The van der Waals surface area contributed by atoms with E-state index in [1.165, 1.54) is 16.2 Å². The van der Waals surface area contributed by atoms with Crippen LogP contribution in [0.5, 0.6) is 5.75 Å². The molecule has 0 aliphatic carbocycles. The van der Waals surface area contributed by atoms with Crippen molar-refractivity contribution in [3.05, 3.63) is 15.8 Å². The molecule has 0 radical (unpaired) electrons. The Hall–Kier alpha value is -1.56. The van der Waals surface area contributed by atoms with Crippen LogP contribution >= 0.6 is 11.3 Å². The average Bonchev–Trinajstić information content (AvgIpc) is 2.65. The molecule has 0 unspecified atom stereocenters. The summed E-state index contributed by atoms with van der Waals surface area (Å²) in [6.07, 6.45) is 0.976. The number of aryl methyl sites for hydroxylation is 1. The predicted octanol–water partition coefficient (Wildman–Crippen LogP) is 2.00. The summed E-state index contributed by atoms with van der Waals surface area (Å²) in [4.78, 5) is 24.9. The van der Waals surface area contributed by atoms with E-state index >= 15 is 0 Å². The first-order chi connectivity index (χ1) is 8.41. The van der Waals surface area contributed by atoms with Crippen molar-refractivity contribution in [3.8, 4) is 5.75 Å². The molecular formula is C12H17NO4S. The average molecular weight is 271 g/mol. The Balaban J connectivity index is 2.44. The first-order valence-electron chi connectivity index (χ1n) is 5.58. The molecule has 0 atom stereocenters. The number of amides is 1. The summed E-state index contributed by atoms with van der Waals surface area (Å²) in [5, 5.41) is 8.97. The van der Waals surface area contributed by atoms with Crippen molar-refractivity contribution in [2.24, 2.45) is 0 Å². The van der Waals surface area contributed by atoms with Crippen molar-refractivity contribution in [1.29, 1.82) is 0 Å². The maximum atomic E-state index is 11.3. The minimum Gasteiger partial charge on any atom is -0.492 e. The van der Waals surface area contributed by atoms with E-state index in [2.05, 4.69) is 0 Å². The van der Waals surface area contributed by atoms with Crippen LogP contribution in [0.4, 0.5) is 0 Å². The van der Waals surface area contributed by atoms with Crippen LogP contribution in [0.25, 0.3) is 0 Å².